The molecule has 174 valence electrons. The Kier molecular flexibility index (Phi) is 8.23. The van der Waals surface area contributed by atoms with Crippen LogP contribution in [0, 0.1) is 46.3 Å². The summed E-state index contributed by atoms with van der Waals surface area (Å²) in [7, 11) is 0. The quantitative estimate of drug-likeness (QED) is 0.403. The molecular formula is C30H54. The van der Waals surface area contributed by atoms with E-state index in [1.54, 1.807) is 24.8 Å². The molecule has 4 saturated carbocycles. The van der Waals surface area contributed by atoms with Crippen LogP contribution in [-0.4, -0.2) is 0 Å². The lowest BCUT2D eigenvalue weighted by Crippen LogP contribution is -2.55. The number of fused-ring (bicyclic) bond motifs is 5. The summed E-state index contributed by atoms with van der Waals surface area (Å²) in [6.45, 7) is 19.0. The molecule has 8 atom stereocenters. The Hall–Kier alpha value is -0.260. The smallest absolute Gasteiger partial charge is 0.0149 e. The Bertz CT molecular complexity index is 560. The summed E-state index contributed by atoms with van der Waals surface area (Å²) in [5.74, 6) is 5.88. The van der Waals surface area contributed by atoms with Crippen LogP contribution in [0.1, 0.15) is 131 Å². The predicted octanol–water partition coefficient (Wildman–Crippen LogP) is 9.83. The van der Waals surface area contributed by atoms with E-state index < -0.39 is 0 Å². The van der Waals surface area contributed by atoms with Crippen molar-refractivity contribution in [3.05, 3.63) is 12.2 Å². The molecule has 0 amide bonds. The Morgan fingerprint density at radius 2 is 1.57 bits per heavy atom. The molecule has 0 aliphatic heterocycles. The SMILES string of the molecule is C=C(CC)C1CCCCC2C3CCC4CC(C)CCC4(CC)C3CCC12C.CCC. The van der Waals surface area contributed by atoms with E-state index >= 15 is 0 Å². The lowest BCUT2D eigenvalue weighted by atomic mass is 9.41. The molecule has 4 aliphatic carbocycles. The first-order valence-corrected chi connectivity index (χ1v) is 14.0. The van der Waals surface area contributed by atoms with Gasteiger partial charge in [0.2, 0.25) is 0 Å². The van der Waals surface area contributed by atoms with Crippen LogP contribution in [0.25, 0.3) is 0 Å². The molecule has 0 heterocycles. The van der Waals surface area contributed by atoms with Gasteiger partial charge in [-0.1, -0.05) is 79.4 Å². The Morgan fingerprint density at radius 3 is 2.23 bits per heavy atom. The fourth-order valence-corrected chi connectivity index (χ4v) is 9.26. The highest BCUT2D eigenvalue weighted by molar-refractivity contribution is 5.14. The van der Waals surface area contributed by atoms with Gasteiger partial charge >= 0.3 is 0 Å². The topological polar surface area (TPSA) is 0 Å². The highest BCUT2D eigenvalue weighted by Crippen LogP contribution is 2.67. The average molecular weight is 415 g/mol. The van der Waals surface area contributed by atoms with E-state index in [0.717, 1.165) is 35.5 Å². The second-order valence-electron chi connectivity index (χ2n) is 12.2. The van der Waals surface area contributed by atoms with Gasteiger partial charge in [-0.2, -0.15) is 0 Å². The van der Waals surface area contributed by atoms with Crippen molar-refractivity contribution in [3.63, 3.8) is 0 Å². The van der Waals surface area contributed by atoms with Crippen molar-refractivity contribution in [2.75, 3.05) is 0 Å². The van der Waals surface area contributed by atoms with E-state index in [-0.39, 0.29) is 0 Å². The normalized spacial score (nSPS) is 45.7. The molecule has 4 fully saturated rings. The highest BCUT2D eigenvalue weighted by atomic mass is 14.6. The number of hydrogen-bond acceptors (Lipinski definition) is 0. The van der Waals surface area contributed by atoms with Gasteiger partial charge in [0.05, 0.1) is 0 Å². The first-order valence-electron chi connectivity index (χ1n) is 14.0. The summed E-state index contributed by atoms with van der Waals surface area (Å²) >= 11 is 0. The van der Waals surface area contributed by atoms with Crippen LogP contribution in [0.4, 0.5) is 0 Å². The highest BCUT2D eigenvalue weighted by Gasteiger charge is 2.59. The molecule has 0 aromatic rings. The first-order chi connectivity index (χ1) is 14.4. The summed E-state index contributed by atoms with van der Waals surface area (Å²) in [5.41, 5.74) is 2.84. The minimum atomic E-state index is 0.550. The minimum Gasteiger partial charge on any atom is -0.0996 e. The van der Waals surface area contributed by atoms with Gasteiger partial charge in [-0.3, -0.25) is 0 Å². The number of hydrogen-bond donors (Lipinski definition) is 0. The fourth-order valence-electron chi connectivity index (χ4n) is 9.26. The van der Waals surface area contributed by atoms with Crippen LogP contribution >= 0.6 is 0 Å². The molecule has 30 heavy (non-hydrogen) atoms. The first kappa shape index (κ1) is 24.4. The molecular weight excluding hydrogens is 360 g/mol. The summed E-state index contributed by atoms with van der Waals surface area (Å²) in [5, 5.41) is 0. The van der Waals surface area contributed by atoms with Gasteiger partial charge in [-0.05, 0) is 111 Å². The van der Waals surface area contributed by atoms with Crippen LogP contribution in [0.15, 0.2) is 12.2 Å². The van der Waals surface area contributed by atoms with Crippen LogP contribution in [0.2, 0.25) is 0 Å². The molecule has 4 rings (SSSR count). The standard InChI is InChI=1S/C27H46.C3H8/c1-6-20(4)23-10-8-9-11-24-22-13-12-21-18-19(3)14-17-27(21,7-2)25(22)15-16-26(23,24)5;1-3-2/h19,21-25H,4,6-18H2,1-3,5H3;3H2,1-2H3. The van der Waals surface area contributed by atoms with Crippen molar-refractivity contribution < 1.29 is 0 Å². The second kappa shape index (κ2) is 10.1. The molecule has 0 aromatic carbocycles. The average Bonchev–Trinajstić information content (AvgIpc) is 2.92. The van der Waals surface area contributed by atoms with E-state index in [4.69, 9.17) is 0 Å². The van der Waals surface area contributed by atoms with Crippen molar-refractivity contribution in [1.82, 2.24) is 0 Å². The van der Waals surface area contributed by atoms with Gasteiger partial charge in [0.15, 0.2) is 0 Å². The molecule has 0 nitrogen and oxygen atoms in total. The molecule has 0 aromatic heterocycles. The molecule has 8 unspecified atom stereocenters. The summed E-state index contributed by atoms with van der Waals surface area (Å²) in [6.07, 6.45) is 20.5. The van der Waals surface area contributed by atoms with Gasteiger partial charge < -0.3 is 0 Å². The van der Waals surface area contributed by atoms with Crippen LogP contribution in [0.5, 0.6) is 0 Å². The summed E-state index contributed by atoms with van der Waals surface area (Å²) < 4.78 is 0. The Morgan fingerprint density at radius 1 is 0.867 bits per heavy atom. The largest absolute Gasteiger partial charge is 0.0996 e. The lowest BCUT2D eigenvalue weighted by Gasteiger charge is -2.63. The monoisotopic (exact) mass is 414 g/mol. The fraction of sp³-hybridized carbons (Fsp3) is 0.933. The Balaban J connectivity index is 0.000000806. The second-order valence-corrected chi connectivity index (χ2v) is 12.2. The summed E-state index contributed by atoms with van der Waals surface area (Å²) in [4.78, 5) is 0. The third-order valence-electron chi connectivity index (χ3n) is 10.7. The maximum atomic E-state index is 4.58. The third-order valence-corrected chi connectivity index (χ3v) is 10.7. The molecule has 0 N–H and O–H groups in total. The molecule has 0 saturated heterocycles. The van der Waals surface area contributed by atoms with Crippen molar-refractivity contribution in [2.24, 2.45) is 46.3 Å². The van der Waals surface area contributed by atoms with Gasteiger partial charge in [0, 0.05) is 0 Å². The zero-order chi connectivity index (χ0) is 21.9. The van der Waals surface area contributed by atoms with Crippen LogP contribution in [0.3, 0.4) is 0 Å². The van der Waals surface area contributed by atoms with Crippen molar-refractivity contribution in [1.29, 1.82) is 0 Å². The van der Waals surface area contributed by atoms with Gasteiger partial charge in [0.1, 0.15) is 0 Å². The number of allylic oxidation sites excluding steroid dienone is 1. The number of rotatable bonds is 3. The van der Waals surface area contributed by atoms with Gasteiger partial charge in [-0.25, -0.2) is 0 Å². The van der Waals surface area contributed by atoms with Crippen molar-refractivity contribution >= 4 is 0 Å². The Labute approximate surface area is 190 Å². The molecule has 4 aliphatic rings. The van der Waals surface area contributed by atoms with Crippen molar-refractivity contribution in [2.45, 2.75) is 131 Å². The zero-order valence-electron chi connectivity index (χ0n) is 21.6. The maximum Gasteiger partial charge on any atom is -0.0149 e. The molecule has 0 spiro atoms. The van der Waals surface area contributed by atoms with E-state index in [1.165, 1.54) is 70.6 Å². The summed E-state index contributed by atoms with van der Waals surface area (Å²) in [6, 6.07) is 0. The van der Waals surface area contributed by atoms with Crippen LogP contribution in [-0.2, 0) is 0 Å². The van der Waals surface area contributed by atoms with E-state index in [2.05, 4.69) is 48.1 Å². The minimum absolute atomic E-state index is 0.550. The van der Waals surface area contributed by atoms with Crippen molar-refractivity contribution in [3.8, 4) is 0 Å². The molecule has 0 radical (unpaired) electrons. The van der Waals surface area contributed by atoms with Crippen LogP contribution < -0.4 is 0 Å². The maximum absolute atomic E-state index is 4.58. The predicted molar refractivity (Wildman–Crippen MR) is 134 cm³/mol. The van der Waals surface area contributed by atoms with E-state index in [0.29, 0.717) is 10.8 Å². The van der Waals surface area contributed by atoms with Gasteiger partial charge in [0.25, 0.3) is 0 Å². The third kappa shape index (κ3) is 4.20. The molecule has 0 heteroatoms. The lowest BCUT2D eigenvalue weighted by molar-refractivity contribution is -0.137. The van der Waals surface area contributed by atoms with E-state index in [1.807, 2.05) is 0 Å². The van der Waals surface area contributed by atoms with Gasteiger partial charge in [-0.15, -0.1) is 0 Å². The van der Waals surface area contributed by atoms with E-state index in [9.17, 15) is 0 Å². The zero-order valence-corrected chi connectivity index (χ0v) is 21.6. The molecule has 0 bridgehead atoms.